The highest BCUT2D eigenvalue weighted by molar-refractivity contribution is 6.17. The van der Waals surface area contributed by atoms with Gasteiger partial charge in [-0.1, -0.05) is 50.2 Å². The van der Waals surface area contributed by atoms with Crippen LogP contribution in [0.5, 0.6) is 0 Å². The average Bonchev–Trinajstić information content (AvgIpc) is 3.01. The fourth-order valence-electron chi connectivity index (χ4n) is 3.81. The van der Waals surface area contributed by atoms with E-state index < -0.39 is 5.91 Å². The third-order valence-corrected chi connectivity index (χ3v) is 5.27. The zero-order valence-corrected chi connectivity index (χ0v) is 15.8. The highest BCUT2D eigenvalue weighted by Crippen LogP contribution is 2.32. The van der Waals surface area contributed by atoms with Gasteiger partial charge in [0.1, 0.15) is 0 Å². The lowest BCUT2D eigenvalue weighted by Crippen LogP contribution is -2.11. The van der Waals surface area contributed by atoms with Crippen LogP contribution < -0.4 is 5.73 Å². The van der Waals surface area contributed by atoms with Crippen LogP contribution in [0.1, 0.15) is 40.9 Å². The fraction of sp³-hybridized carbons (Fsp3) is 0.208. The van der Waals surface area contributed by atoms with Crippen molar-refractivity contribution in [3.63, 3.8) is 0 Å². The van der Waals surface area contributed by atoms with E-state index in [2.05, 4.69) is 60.9 Å². The lowest BCUT2D eigenvalue weighted by molar-refractivity contribution is 0.100. The normalized spacial score (nSPS) is 11.3. The maximum absolute atomic E-state index is 12.0. The maximum atomic E-state index is 12.0. The Morgan fingerprint density at radius 1 is 0.963 bits per heavy atom. The smallest absolute Gasteiger partial charge is 0.249 e. The van der Waals surface area contributed by atoms with Gasteiger partial charge in [0.25, 0.3) is 0 Å². The molecule has 4 aromatic rings. The van der Waals surface area contributed by atoms with Gasteiger partial charge in [0.15, 0.2) is 0 Å². The number of carbonyl (C=O) groups excluding carboxylic acids is 1. The van der Waals surface area contributed by atoms with Crippen molar-refractivity contribution in [3.8, 4) is 0 Å². The van der Waals surface area contributed by atoms with Crippen molar-refractivity contribution in [1.82, 2.24) is 4.57 Å². The highest BCUT2D eigenvalue weighted by atomic mass is 16.1. The molecule has 0 saturated heterocycles. The molecule has 0 unspecified atom stereocenters. The third kappa shape index (κ3) is 2.99. The summed E-state index contributed by atoms with van der Waals surface area (Å²) in [4.78, 5) is 12.0. The Labute approximate surface area is 159 Å². The minimum atomic E-state index is -0.402. The quantitative estimate of drug-likeness (QED) is 0.546. The van der Waals surface area contributed by atoms with Crippen LogP contribution in [0.3, 0.4) is 0 Å². The molecule has 4 rings (SSSR count). The molecule has 0 atom stereocenters. The van der Waals surface area contributed by atoms with Crippen LogP contribution in [-0.4, -0.2) is 10.5 Å². The average molecular weight is 355 g/mol. The number of amides is 1. The molecule has 1 amide bonds. The molecule has 1 radical (unpaired) electrons. The van der Waals surface area contributed by atoms with Crippen LogP contribution in [0.4, 0.5) is 0 Å². The zero-order chi connectivity index (χ0) is 19.0. The first-order valence-corrected chi connectivity index (χ1v) is 9.45. The molecule has 0 spiro atoms. The van der Waals surface area contributed by atoms with Gasteiger partial charge in [-0.15, -0.1) is 0 Å². The first kappa shape index (κ1) is 17.3. The monoisotopic (exact) mass is 355 g/mol. The van der Waals surface area contributed by atoms with Gasteiger partial charge in [0.2, 0.25) is 5.91 Å². The largest absolute Gasteiger partial charge is 0.366 e. The van der Waals surface area contributed by atoms with Crippen LogP contribution in [0.25, 0.3) is 21.8 Å². The third-order valence-electron chi connectivity index (χ3n) is 5.27. The van der Waals surface area contributed by atoms with E-state index in [1.807, 2.05) is 12.1 Å². The number of rotatable bonds is 5. The Morgan fingerprint density at radius 3 is 2.44 bits per heavy atom. The summed E-state index contributed by atoms with van der Waals surface area (Å²) >= 11 is 0. The van der Waals surface area contributed by atoms with E-state index in [4.69, 9.17) is 5.73 Å². The number of aromatic nitrogens is 1. The first-order valence-electron chi connectivity index (χ1n) is 9.45. The Hall–Kier alpha value is -3.07. The zero-order valence-electron chi connectivity index (χ0n) is 15.8. The summed E-state index contributed by atoms with van der Waals surface area (Å²) in [6.07, 6.45) is 1.96. The van der Waals surface area contributed by atoms with Crippen LogP contribution in [0.15, 0.2) is 54.6 Å². The van der Waals surface area contributed by atoms with Gasteiger partial charge in [-0.05, 0) is 53.8 Å². The van der Waals surface area contributed by atoms with Crippen molar-refractivity contribution in [3.05, 3.63) is 82.9 Å². The van der Waals surface area contributed by atoms with Crippen molar-refractivity contribution >= 4 is 27.7 Å². The molecule has 0 aliphatic rings. The highest BCUT2D eigenvalue weighted by Gasteiger charge is 2.17. The molecule has 0 bridgehead atoms. The molecule has 3 heteroatoms. The predicted octanol–water partition coefficient (Wildman–Crippen LogP) is 4.87. The molecule has 0 aliphatic carbocycles. The summed E-state index contributed by atoms with van der Waals surface area (Å²) in [7, 11) is 0. The number of hydrogen-bond donors (Lipinski definition) is 1. The number of nitrogens with two attached hydrogens (primary N) is 1. The van der Waals surface area contributed by atoms with E-state index in [1.165, 1.54) is 16.7 Å². The van der Waals surface area contributed by atoms with E-state index in [9.17, 15) is 4.79 Å². The molecule has 0 saturated carbocycles. The van der Waals surface area contributed by atoms with E-state index in [1.54, 1.807) is 6.07 Å². The summed E-state index contributed by atoms with van der Waals surface area (Å²) in [6, 6.07) is 22.1. The Balaban J connectivity index is 2.01. The van der Waals surface area contributed by atoms with Crippen molar-refractivity contribution < 1.29 is 4.79 Å². The van der Waals surface area contributed by atoms with E-state index in [-0.39, 0.29) is 0 Å². The van der Waals surface area contributed by atoms with E-state index >= 15 is 0 Å². The fourth-order valence-corrected chi connectivity index (χ4v) is 3.81. The molecule has 3 aromatic carbocycles. The van der Waals surface area contributed by atoms with Gasteiger partial charge >= 0.3 is 0 Å². The Kier molecular flexibility index (Phi) is 4.44. The molecule has 1 heterocycles. The second-order valence-electron chi connectivity index (χ2n) is 6.95. The lowest BCUT2D eigenvalue weighted by atomic mass is 10.0. The predicted molar refractivity (Wildman–Crippen MR) is 111 cm³/mol. The standard InChI is InChI=1S/C24H23N2O/c1-3-16-7-5-8-18(13-16)15-26-21-10-6-9-20(24(25)27)23(21)19-12-11-17(4-2)14-22(19)26/h5-11,13-14H,3-4,15H2,1-2H3,(H2,25,27). The summed E-state index contributed by atoms with van der Waals surface area (Å²) in [5.74, 6) is -0.402. The SMILES string of the molecule is CCc1cccc(Cn2c3cc(CC)c[c]c3c3c(C(N)=O)cccc32)c1. The van der Waals surface area contributed by atoms with Crippen molar-refractivity contribution in [2.45, 2.75) is 33.2 Å². The molecule has 0 fully saturated rings. The van der Waals surface area contributed by atoms with Crippen molar-refractivity contribution in [1.29, 1.82) is 0 Å². The summed E-state index contributed by atoms with van der Waals surface area (Å²) in [6.45, 7) is 5.06. The minimum Gasteiger partial charge on any atom is -0.366 e. The minimum absolute atomic E-state index is 0.402. The van der Waals surface area contributed by atoms with Gasteiger partial charge in [-0.3, -0.25) is 4.79 Å². The van der Waals surface area contributed by atoms with Gasteiger partial charge < -0.3 is 10.3 Å². The number of benzene rings is 3. The topological polar surface area (TPSA) is 48.0 Å². The Morgan fingerprint density at radius 2 is 1.70 bits per heavy atom. The molecule has 3 nitrogen and oxygen atoms in total. The van der Waals surface area contributed by atoms with Gasteiger partial charge in [-0.2, -0.15) is 0 Å². The lowest BCUT2D eigenvalue weighted by Gasteiger charge is -2.10. The summed E-state index contributed by atoms with van der Waals surface area (Å²) in [5.41, 5.74) is 12.1. The van der Waals surface area contributed by atoms with Crippen LogP contribution in [0.2, 0.25) is 0 Å². The molecule has 1 aromatic heterocycles. The van der Waals surface area contributed by atoms with E-state index in [0.717, 1.165) is 41.2 Å². The van der Waals surface area contributed by atoms with Crippen LogP contribution in [0, 0.1) is 6.07 Å². The number of aryl methyl sites for hydroxylation is 2. The Bertz CT molecular complexity index is 1150. The summed E-state index contributed by atoms with van der Waals surface area (Å²) < 4.78 is 2.28. The number of nitrogens with zero attached hydrogens (tertiary/aromatic N) is 1. The number of primary amides is 1. The molecular formula is C24H23N2O. The second-order valence-corrected chi connectivity index (χ2v) is 6.95. The maximum Gasteiger partial charge on any atom is 0.249 e. The number of hydrogen-bond acceptors (Lipinski definition) is 1. The molecule has 0 aliphatic heterocycles. The number of fused-ring (bicyclic) bond motifs is 3. The van der Waals surface area contributed by atoms with Crippen molar-refractivity contribution in [2.75, 3.05) is 0 Å². The van der Waals surface area contributed by atoms with Crippen LogP contribution >= 0.6 is 0 Å². The molecule has 2 N–H and O–H groups in total. The molecule has 135 valence electrons. The van der Waals surface area contributed by atoms with Crippen molar-refractivity contribution in [2.24, 2.45) is 5.73 Å². The van der Waals surface area contributed by atoms with E-state index in [0.29, 0.717) is 5.56 Å². The summed E-state index contributed by atoms with van der Waals surface area (Å²) in [5, 5.41) is 1.86. The number of carbonyl (C=O) groups is 1. The van der Waals surface area contributed by atoms with Crippen LogP contribution in [-0.2, 0) is 19.4 Å². The van der Waals surface area contributed by atoms with Gasteiger partial charge in [0, 0.05) is 22.9 Å². The van der Waals surface area contributed by atoms with Gasteiger partial charge in [-0.25, -0.2) is 0 Å². The first-order chi connectivity index (χ1) is 13.1. The molecular weight excluding hydrogens is 332 g/mol. The van der Waals surface area contributed by atoms with Gasteiger partial charge in [0.05, 0.1) is 11.0 Å². The second kappa shape index (κ2) is 6.92. The molecule has 27 heavy (non-hydrogen) atoms.